The second-order valence-corrected chi connectivity index (χ2v) is 5.53. The third-order valence-corrected chi connectivity index (χ3v) is 3.88. The Kier molecular flexibility index (Phi) is 4.84. The van der Waals surface area contributed by atoms with Crippen LogP contribution in [0, 0.1) is 0 Å². The molecule has 0 unspecified atom stereocenters. The molecule has 0 aromatic carbocycles. The van der Waals surface area contributed by atoms with Crippen molar-refractivity contribution in [1.29, 1.82) is 0 Å². The average molecular weight is 268 g/mol. The normalized spacial score (nSPS) is 23.9. The number of aromatic nitrogens is 1. The van der Waals surface area contributed by atoms with Crippen LogP contribution >= 0.6 is 11.6 Å². The van der Waals surface area contributed by atoms with Gasteiger partial charge in [-0.05, 0) is 44.2 Å². The highest BCUT2D eigenvalue weighted by molar-refractivity contribution is 6.30. The Morgan fingerprint density at radius 2 is 2.06 bits per heavy atom. The lowest BCUT2D eigenvalue weighted by molar-refractivity contribution is 0.374. The van der Waals surface area contributed by atoms with E-state index < -0.39 is 0 Å². The quantitative estimate of drug-likeness (QED) is 0.911. The zero-order valence-electron chi connectivity index (χ0n) is 11.0. The third kappa shape index (κ3) is 3.36. The SMILES string of the molecule is CCCN(c1ccc(Cl)cn1)C1CCC(N)CC1. The minimum absolute atomic E-state index is 0.392. The van der Waals surface area contributed by atoms with Crippen LogP contribution in [0.2, 0.25) is 5.02 Å². The minimum atomic E-state index is 0.392. The van der Waals surface area contributed by atoms with Gasteiger partial charge in [-0.15, -0.1) is 0 Å². The molecule has 0 atom stereocenters. The first-order chi connectivity index (χ1) is 8.70. The van der Waals surface area contributed by atoms with Crippen molar-refractivity contribution in [3.63, 3.8) is 0 Å². The molecular weight excluding hydrogens is 246 g/mol. The number of halogens is 1. The summed E-state index contributed by atoms with van der Waals surface area (Å²) >= 11 is 5.90. The minimum Gasteiger partial charge on any atom is -0.354 e. The van der Waals surface area contributed by atoms with Gasteiger partial charge in [-0.25, -0.2) is 4.98 Å². The van der Waals surface area contributed by atoms with Crippen molar-refractivity contribution >= 4 is 17.4 Å². The van der Waals surface area contributed by atoms with Gasteiger partial charge in [0.1, 0.15) is 5.82 Å². The first-order valence-electron chi connectivity index (χ1n) is 6.84. The fourth-order valence-electron chi connectivity index (χ4n) is 2.68. The number of nitrogens with two attached hydrogens (primary N) is 1. The van der Waals surface area contributed by atoms with E-state index in [0.717, 1.165) is 31.6 Å². The Bertz CT molecular complexity index is 358. The second-order valence-electron chi connectivity index (χ2n) is 5.10. The Labute approximate surface area is 114 Å². The molecule has 1 aromatic heterocycles. The van der Waals surface area contributed by atoms with Crippen molar-refractivity contribution < 1.29 is 0 Å². The second kappa shape index (κ2) is 6.39. The van der Waals surface area contributed by atoms with Crippen molar-refractivity contribution in [3.05, 3.63) is 23.4 Å². The molecule has 0 radical (unpaired) electrons. The van der Waals surface area contributed by atoms with Crippen LogP contribution in [-0.4, -0.2) is 23.6 Å². The van der Waals surface area contributed by atoms with Crippen LogP contribution in [0.1, 0.15) is 39.0 Å². The lowest BCUT2D eigenvalue weighted by Crippen LogP contribution is -2.41. The Hall–Kier alpha value is -0.800. The first kappa shape index (κ1) is 13.6. The van der Waals surface area contributed by atoms with Crippen LogP contribution in [0.5, 0.6) is 0 Å². The highest BCUT2D eigenvalue weighted by Crippen LogP contribution is 2.26. The molecule has 1 fully saturated rings. The Morgan fingerprint density at radius 3 is 2.61 bits per heavy atom. The van der Waals surface area contributed by atoms with E-state index in [1.54, 1.807) is 6.20 Å². The molecule has 1 aromatic rings. The molecule has 1 aliphatic carbocycles. The molecule has 100 valence electrons. The largest absolute Gasteiger partial charge is 0.354 e. The van der Waals surface area contributed by atoms with Crippen LogP contribution in [0.25, 0.3) is 0 Å². The molecule has 1 saturated carbocycles. The number of anilines is 1. The standard InChI is InChI=1S/C14H22ClN3/c1-2-9-18(13-6-4-12(16)5-7-13)14-8-3-11(15)10-17-14/h3,8,10,12-13H,2,4-7,9,16H2,1H3. The van der Waals surface area contributed by atoms with Crippen LogP contribution < -0.4 is 10.6 Å². The molecule has 3 nitrogen and oxygen atoms in total. The Morgan fingerprint density at radius 1 is 1.33 bits per heavy atom. The summed E-state index contributed by atoms with van der Waals surface area (Å²) in [6.07, 6.45) is 7.45. The molecule has 1 aliphatic rings. The summed E-state index contributed by atoms with van der Waals surface area (Å²) in [6.45, 7) is 3.26. The van der Waals surface area contributed by atoms with Gasteiger partial charge in [-0.3, -0.25) is 0 Å². The van der Waals surface area contributed by atoms with Crippen molar-refractivity contribution in [2.75, 3.05) is 11.4 Å². The zero-order chi connectivity index (χ0) is 13.0. The summed E-state index contributed by atoms with van der Waals surface area (Å²) in [5.74, 6) is 1.04. The van der Waals surface area contributed by atoms with Gasteiger partial charge in [0, 0.05) is 24.8 Å². The predicted molar refractivity (Wildman–Crippen MR) is 77.1 cm³/mol. The molecule has 1 heterocycles. The van der Waals surface area contributed by atoms with E-state index in [4.69, 9.17) is 17.3 Å². The average Bonchev–Trinajstić information content (AvgIpc) is 2.39. The molecule has 0 saturated heterocycles. The number of nitrogens with zero attached hydrogens (tertiary/aromatic N) is 2. The molecule has 0 amide bonds. The summed E-state index contributed by atoms with van der Waals surface area (Å²) in [7, 11) is 0. The molecule has 18 heavy (non-hydrogen) atoms. The summed E-state index contributed by atoms with van der Waals surface area (Å²) < 4.78 is 0. The first-order valence-corrected chi connectivity index (χ1v) is 7.22. The van der Waals surface area contributed by atoms with Gasteiger partial charge in [0.05, 0.1) is 5.02 Å². The van der Waals surface area contributed by atoms with Gasteiger partial charge in [-0.2, -0.15) is 0 Å². The Balaban J connectivity index is 2.09. The van der Waals surface area contributed by atoms with E-state index in [9.17, 15) is 0 Å². The van der Waals surface area contributed by atoms with E-state index >= 15 is 0 Å². The fraction of sp³-hybridized carbons (Fsp3) is 0.643. The van der Waals surface area contributed by atoms with E-state index in [0.29, 0.717) is 17.1 Å². The number of hydrogen-bond acceptors (Lipinski definition) is 3. The van der Waals surface area contributed by atoms with Gasteiger partial charge in [0.25, 0.3) is 0 Å². The van der Waals surface area contributed by atoms with Crippen molar-refractivity contribution in [1.82, 2.24) is 4.98 Å². The maximum absolute atomic E-state index is 5.98. The van der Waals surface area contributed by atoms with E-state index in [1.165, 1.54) is 12.8 Å². The number of hydrogen-bond donors (Lipinski definition) is 1. The highest BCUT2D eigenvalue weighted by atomic mass is 35.5. The van der Waals surface area contributed by atoms with Gasteiger partial charge < -0.3 is 10.6 Å². The van der Waals surface area contributed by atoms with E-state index in [2.05, 4.69) is 16.8 Å². The molecule has 0 aliphatic heterocycles. The van der Waals surface area contributed by atoms with E-state index in [-0.39, 0.29) is 0 Å². The van der Waals surface area contributed by atoms with Crippen LogP contribution in [-0.2, 0) is 0 Å². The third-order valence-electron chi connectivity index (χ3n) is 3.65. The summed E-state index contributed by atoms with van der Waals surface area (Å²) in [6, 6.07) is 4.91. The number of rotatable bonds is 4. The summed E-state index contributed by atoms with van der Waals surface area (Å²) in [5, 5.41) is 0.695. The number of pyridine rings is 1. The highest BCUT2D eigenvalue weighted by Gasteiger charge is 2.24. The van der Waals surface area contributed by atoms with Gasteiger partial charge >= 0.3 is 0 Å². The van der Waals surface area contributed by atoms with E-state index in [1.807, 2.05) is 12.1 Å². The molecule has 0 bridgehead atoms. The maximum Gasteiger partial charge on any atom is 0.128 e. The molecule has 4 heteroatoms. The van der Waals surface area contributed by atoms with Crippen LogP contribution in [0.15, 0.2) is 18.3 Å². The molecular formula is C14H22ClN3. The molecule has 0 spiro atoms. The zero-order valence-corrected chi connectivity index (χ0v) is 11.7. The fourth-order valence-corrected chi connectivity index (χ4v) is 2.79. The monoisotopic (exact) mass is 267 g/mol. The van der Waals surface area contributed by atoms with Crippen molar-refractivity contribution in [2.45, 2.75) is 51.1 Å². The van der Waals surface area contributed by atoms with Gasteiger partial charge in [0.15, 0.2) is 0 Å². The molecule has 2 N–H and O–H groups in total. The summed E-state index contributed by atoms with van der Waals surface area (Å²) in [5.41, 5.74) is 5.98. The smallest absolute Gasteiger partial charge is 0.128 e. The lowest BCUT2D eigenvalue weighted by Gasteiger charge is -2.36. The topological polar surface area (TPSA) is 42.2 Å². The molecule has 2 rings (SSSR count). The van der Waals surface area contributed by atoms with Crippen molar-refractivity contribution in [3.8, 4) is 0 Å². The maximum atomic E-state index is 5.98. The van der Waals surface area contributed by atoms with Gasteiger partial charge in [-0.1, -0.05) is 18.5 Å². The summed E-state index contributed by atoms with van der Waals surface area (Å²) in [4.78, 5) is 6.87. The predicted octanol–water partition coefficient (Wildman–Crippen LogP) is 3.22. The van der Waals surface area contributed by atoms with Crippen molar-refractivity contribution in [2.24, 2.45) is 5.73 Å². The van der Waals surface area contributed by atoms with Crippen LogP contribution in [0.3, 0.4) is 0 Å². The van der Waals surface area contributed by atoms with Gasteiger partial charge in [0.2, 0.25) is 0 Å². The van der Waals surface area contributed by atoms with Crippen LogP contribution in [0.4, 0.5) is 5.82 Å². The lowest BCUT2D eigenvalue weighted by atomic mass is 9.90.